The quantitative estimate of drug-likeness (QED) is 0.0473. The summed E-state index contributed by atoms with van der Waals surface area (Å²) in [6, 6.07) is -4.27. The van der Waals surface area contributed by atoms with Crippen molar-refractivity contribution in [1.29, 1.82) is 0 Å². The zero-order valence-electron chi connectivity index (χ0n) is 44.4. The van der Waals surface area contributed by atoms with Gasteiger partial charge in [0, 0.05) is 13.1 Å². The van der Waals surface area contributed by atoms with E-state index < -0.39 is 116 Å². The molecule has 23 nitrogen and oxygen atoms in total. The van der Waals surface area contributed by atoms with E-state index in [0.717, 1.165) is 0 Å². The van der Waals surface area contributed by atoms with E-state index in [4.69, 9.17) is 22.9 Å². The van der Waals surface area contributed by atoms with Gasteiger partial charge in [0.25, 0.3) is 0 Å². The summed E-state index contributed by atoms with van der Waals surface area (Å²) in [4.78, 5) is 139. The number of rotatable bonds is 25. The standard InChI is InChI=1S/C48H87N13O10/c1-43(2,52)38(67)57-47(9,10)41(70)60-27-19-15-23-31(60)35(64)54-30(22-14-18-26-50)34(63)56-46(7,8)40(69)59-48(11,12)42(71)61-28-20-16-24-32(61)36(65)53-29(21-13-17-25-49)33(62)55-45(5,6)39(68)58-44(3,4)37(51)66/h29-32H,13-28,49-50,52H2,1-12H3,(H2,51,66)(H,53,65)(H,54,64)(H,55,62)(H,56,63)(H,57,67)(H,58,68)(H,59,69)/t29-,30-,31-,32-/m0/s1. The number of hydrogen-bond donors (Lipinski definition) is 11. The number of nitrogens with zero attached hydrogens (tertiary/aromatic N) is 2. The van der Waals surface area contributed by atoms with Gasteiger partial charge in [-0.25, -0.2) is 0 Å². The lowest BCUT2D eigenvalue weighted by Crippen LogP contribution is -2.67. The monoisotopic (exact) mass is 1010 g/mol. The number of nitrogens with one attached hydrogen (secondary N) is 7. The fraction of sp³-hybridized carbons (Fsp3) is 0.792. The predicted molar refractivity (Wildman–Crippen MR) is 267 cm³/mol. The van der Waals surface area contributed by atoms with Gasteiger partial charge in [-0.15, -0.1) is 0 Å². The Morgan fingerprint density at radius 3 is 1.14 bits per heavy atom. The van der Waals surface area contributed by atoms with Crippen molar-refractivity contribution in [3.05, 3.63) is 0 Å². The normalized spacial score (nSPS) is 18.0. The van der Waals surface area contributed by atoms with E-state index in [1.54, 1.807) is 0 Å². The number of primary amides is 1. The smallest absolute Gasteiger partial charge is 0.248 e. The molecule has 0 bridgehead atoms. The fourth-order valence-electron chi connectivity index (χ4n) is 8.07. The molecule has 0 saturated carbocycles. The number of unbranched alkanes of at least 4 members (excludes halogenated alkanes) is 2. The average Bonchev–Trinajstić information content (AvgIpc) is 3.26. The highest BCUT2D eigenvalue weighted by molar-refractivity contribution is 6.01. The lowest BCUT2D eigenvalue weighted by Gasteiger charge is -2.41. The average molecular weight is 1010 g/mol. The minimum Gasteiger partial charge on any atom is -0.368 e. The Hall–Kier alpha value is -5.42. The van der Waals surface area contributed by atoms with Crippen molar-refractivity contribution in [2.45, 2.75) is 218 Å². The van der Waals surface area contributed by atoms with E-state index >= 15 is 0 Å². The molecule has 71 heavy (non-hydrogen) atoms. The molecule has 0 radical (unpaired) electrons. The molecule has 2 aliphatic rings. The van der Waals surface area contributed by atoms with Crippen LogP contribution >= 0.6 is 0 Å². The largest absolute Gasteiger partial charge is 0.368 e. The maximum absolute atomic E-state index is 14.4. The summed E-state index contributed by atoms with van der Waals surface area (Å²) >= 11 is 0. The number of piperidine rings is 2. The number of carbonyl (C=O) groups excluding carboxylic acids is 10. The first kappa shape index (κ1) is 61.7. The molecule has 4 atom stereocenters. The molecule has 15 N–H and O–H groups in total. The van der Waals surface area contributed by atoms with E-state index in [0.29, 0.717) is 70.9 Å². The van der Waals surface area contributed by atoms with Gasteiger partial charge in [-0.3, -0.25) is 47.9 Å². The highest BCUT2D eigenvalue weighted by Crippen LogP contribution is 2.25. The first-order chi connectivity index (χ1) is 32.6. The van der Waals surface area contributed by atoms with Crippen LogP contribution < -0.4 is 60.2 Å². The molecule has 0 aromatic rings. The molecule has 2 rings (SSSR count). The van der Waals surface area contributed by atoms with Crippen LogP contribution in [-0.2, 0) is 47.9 Å². The zero-order chi connectivity index (χ0) is 54.5. The molecule has 10 amide bonds. The Morgan fingerprint density at radius 1 is 0.479 bits per heavy atom. The van der Waals surface area contributed by atoms with Crippen molar-refractivity contribution in [3.63, 3.8) is 0 Å². The fourth-order valence-corrected chi connectivity index (χ4v) is 8.07. The van der Waals surface area contributed by atoms with E-state index in [1.807, 2.05) is 0 Å². The van der Waals surface area contributed by atoms with E-state index in [9.17, 15) is 47.9 Å². The third-order valence-corrected chi connectivity index (χ3v) is 12.8. The second-order valence-electron chi connectivity index (χ2n) is 22.3. The summed E-state index contributed by atoms with van der Waals surface area (Å²) in [5, 5.41) is 18.9. The summed E-state index contributed by atoms with van der Waals surface area (Å²) in [6.45, 7) is 18.7. The van der Waals surface area contributed by atoms with Crippen molar-refractivity contribution >= 4 is 59.1 Å². The molecule has 2 heterocycles. The van der Waals surface area contributed by atoms with Crippen molar-refractivity contribution < 1.29 is 47.9 Å². The topological polar surface area (TPSA) is 365 Å². The highest BCUT2D eigenvalue weighted by atomic mass is 16.2. The number of likely N-dealkylation sites (tertiary alicyclic amines) is 2. The van der Waals surface area contributed by atoms with Crippen LogP contribution in [0.25, 0.3) is 0 Å². The third kappa shape index (κ3) is 17.7. The SMILES string of the molecule is CC(C)(N)C(=O)NC(C)(C)C(=O)N1CCCC[C@H]1C(=O)N[C@@H](CCCCN)C(=O)NC(C)(C)C(=O)NC(C)(C)C(=O)N1CCCC[C@H]1C(=O)N[C@@H](CCCCN)C(=O)NC(C)(C)C(=O)NC(C)(C)C(N)=O. The number of carbonyl (C=O) groups is 10. The Labute approximate surface area is 419 Å². The van der Waals surface area contributed by atoms with Crippen LogP contribution in [-0.4, -0.2) is 152 Å². The Morgan fingerprint density at radius 2 is 0.817 bits per heavy atom. The number of hydrogen-bond acceptors (Lipinski definition) is 13. The summed E-state index contributed by atoms with van der Waals surface area (Å²) < 4.78 is 0. The van der Waals surface area contributed by atoms with Gasteiger partial charge in [-0.1, -0.05) is 0 Å². The molecule has 0 aromatic carbocycles. The van der Waals surface area contributed by atoms with Crippen LogP contribution in [0.3, 0.4) is 0 Å². The first-order valence-corrected chi connectivity index (χ1v) is 24.9. The van der Waals surface area contributed by atoms with Crippen molar-refractivity contribution in [2.75, 3.05) is 26.2 Å². The molecule has 0 spiro atoms. The van der Waals surface area contributed by atoms with Gasteiger partial charge in [-0.2, -0.15) is 0 Å². The lowest BCUT2D eigenvalue weighted by molar-refractivity contribution is -0.150. The zero-order valence-corrected chi connectivity index (χ0v) is 44.4. The highest BCUT2D eigenvalue weighted by Gasteiger charge is 2.46. The molecule has 0 unspecified atom stereocenters. The van der Waals surface area contributed by atoms with Crippen LogP contribution in [0.5, 0.6) is 0 Å². The van der Waals surface area contributed by atoms with Gasteiger partial charge in [0.2, 0.25) is 59.1 Å². The van der Waals surface area contributed by atoms with Gasteiger partial charge in [0.05, 0.1) is 5.54 Å². The van der Waals surface area contributed by atoms with E-state index in [2.05, 4.69) is 37.2 Å². The van der Waals surface area contributed by atoms with Crippen molar-refractivity contribution in [3.8, 4) is 0 Å². The third-order valence-electron chi connectivity index (χ3n) is 12.8. The van der Waals surface area contributed by atoms with Gasteiger partial charge in [0.1, 0.15) is 51.9 Å². The second kappa shape index (κ2) is 25.3. The molecule has 23 heteroatoms. The van der Waals surface area contributed by atoms with Crippen LogP contribution in [0.4, 0.5) is 0 Å². The maximum Gasteiger partial charge on any atom is 0.248 e. The minimum absolute atomic E-state index is 0.153. The van der Waals surface area contributed by atoms with Gasteiger partial charge < -0.3 is 70.0 Å². The molecule has 2 fully saturated rings. The van der Waals surface area contributed by atoms with Gasteiger partial charge in [-0.05, 0) is 173 Å². The van der Waals surface area contributed by atoms with Gasteiger partial charge in [0.15, 0.2) is 0 Å². The molecular formula is C48H87N13O10. The summed E-state index contributed by atoms with van der Waals surface area (Å²) in [5.41, 5.74) is 14.0. The minimum atomic E-state index is -1.65. The van der Waals surface area contributed by atoms with Crippen LogP contribution in [0, 0.1) is 0 Å². The van der Waals surface area contributed by atoms with Crippen molar-refractivity contribution in [1.82, 2.24) is 47.0 Å². The summed E-state index contributed by atoms with van der Waals surface area (Å²) in [7, 11) is 0. The predicted octanol–water partition coefficient (Wildman–Crippen LogP) is -1.33. The summed E-state index contributed by atoms with van der Waals surface area (Å²) in [5.74, 6) is -6.43. The molecule has 404 valence electrons. The molecule has 2 saturated heterocycles. The van der Waals surface area contributed by atoms with Gasteiger partial charge >= 0.3 is 0 Å². The Balaban J connectivity index is 2.28. The number of amides is 10. The van der Waals surface area contributed by atoms with Crippen molar-refractivity contribution in [2.24, 2.45) is 22.9 Å². The second-order valence-corrected chi connectivity index (χ2v) is 22.3. The Bertz CT molecular complexity index is 1960. The number of nitrogens with two attached hydrogens (primary N) is 4. The van der Waals surface area contributed by atoms with Crippen LogP contribution in [0.2, 0.25) is 0 Å². The van der Waals surface area contributed by atoms with E-state index in [-0.39, 0.29) is 32.4 Å². The molecular weight excluding hydrogens is 919 g/mol. The summed E-state index contributed by atoms with van der Waals surface area (Å²) in [6.07, 6.45) is 5.22. The van der Waals surface area contributed by atoms with Crippen LogP contribution in [0.15, 0.2) is 0 Å². The molecule has 2 aliphatic heterocycles. The lowest BCUT2D eigenvalue weighted by atomic mass is 9.93. The molecule has 0 aromatic heterocycles. The van der Waals surface area contributed by atoms with E-state index in [1.165, 1.54) is 92.9 Å². The Kier molecular flexibility index (Phi) is 22.0. The maximum atomic E-state index is 14.4. The van der Waals surface area contributed by atoms with Crippen LogP contribution in [0.1, 0.15) is 160 Å². The molecule has 0 aliphatic carbocycles. The first-order valence-electron chi connectivity index (χ1n) is 24.9.